The Balaban J connectivity index is 2.58. The Hall–Kier alpha value is -1.36. The largest absolute Gasteiger partial charge is 0.475 e. The maximum atomic E-state index is 5.60. The molecule has 0 saturated heterocycles. The van der Waals surface area contributed by atoms with E-state index in [1.807, 2.05) is 20.9 Å². The van der Waals surface area contributed by atoms with Crippen LogP contribution in [0.5, 0.6) is 5.88 Å². The zero-order valence-electron chi connectivity index (χ0n) is 11.0. The van der Waals surface area contributed by atoms with Gasteiger partial charge in [0.2, 0.25) is 5.88 Å². The van der Waals surface area contributed by atoms with Crippen LogP contribution < -0.4 is 10.1 Å². The topological polar surface area (TPSA) is 56.3 Å². The van der Waals surface area contributed by atoms with Crippen molar-refractivity contribution >= 4 is 5.82 Å². The Labute approximate surface area is 103 Å². The quantitative estimate of drug-likeness (QED) is 0.736. The average molecular weight is 239 g/mol. The summed E-state index contributed by atoms with van der Waals surface area (Å²) in [6.45, 7) is 7.13. The fraction of sp³-hybridized carbons (Fsp3) is 0.667. The third kappa shape index (κ3) is 4.19. The number of hydrogen-bond acceptors (Lipinski definition) is 5. The van der Waals surface area contributed by atoms with E-state index in [-0.39, 0.29) is 6.10 Å². The standard InChI is InChI=1S/C12H21N3O2/c1-5-10-11(13-4)14-8-15-12(10)17-7-6-16-9(2)3/h8-9H,5-7H2,1-4H3,(H,13,14,15). The van der Waals surface area contributed by atoms with Gasteiger partial charge in [-0.05, 0) is 20.3 Å². The minimum atomic E-state index is 0.225. The van der Waals surface area contributed by atoms with Gasteiger partial charge in [-0.1, -0.05) is 6.92 Å². The molecule has 5 nitrogen and oxygen atoms in total. The lowest BCUT2D eigenvalue weighted by Crippen LogP contribution is -2.13. The monoisotopic (exact) mass is 239 g/mol. The van der Waals surface area contributed by atoms with Gasteiger partial charge in [0, 0.05) is 7.05 Å². The number of aromatic nitrogens is 2. The van der Waals surface area contributed by atoms with Crippen molar-refractivity contribution in [1.29, 1.82) is 0 Å². The second kappa shape index (κ2) is 7.06. The molecule has 0 saturated carbocycles. The van der Waals surface area contributed by atoms with Crippen LogP contribution in [0.4, 0.5) is 5.82 Å². The van der Waals surface area contributed by atoms with Crippen molar-refractivity contribution in [1.82, 2.24) is 9.97 Å². The molecule has 1 aromatic rings. The second-order valence-corrected chi connectivity index (χ2v) is 3.88. The Morgan fingerprint density at radius 2 is 2.06 bits per heavy atom. The summed E-state index contributed by atoms with van der Waals surface area (Å²) >= 11 is 0. The van der Waals surface area contributed by atoms with Crippen LogP contribution in [-0.4, -0.2) is 36.3 Å². The number of hydrogen-bond donors (Lipinski definition) is 1. The van der Waals surface area contributed by atoms with E-state index in [1.54, 1.807) is 0 Å². The van der Waals surface area contributed by atoms with E-state index < -0.39 is 0 Å². The zero-order chi connectivity index (χ0) is 12.7. The van der Waals surface area contributed by atoms with Gasteiger partial charge >= 0.3 is 0 Å². The maximum Gasteiger partial charge on any atom is 0.221 e. The SMILES string of the molecule is CCc1c(NC)ncnc1OCCOC(C)C. The molecule has 0 atom stereocenters. The first kappa shape index (κ1) is 13.7. The normalized spacial score (nSPS) is 10.6. The molecule has 0 aliphatic heterocycles. The minimum Gasteiger partial charge on any atom is -0.475 e. The lowest BCUT2D eigenvalue weighted by atomic mass is 10.2. The van der Waals surface area contributed by atoms with Crippen LogP contribution in [0.1, 0.15) is 26.3 Å². The van der Waals surface area contributed by atoms with Gasteiger partial charge in [0.05, 0.1) is 18.3 Å². The summed E-state index contributed by atoms with van der Waals surface area (Å²) in [5.41, 5.74) is 1.000. The molecular formula is C12H21N3O2. The number of nitrogens with one attached hydrogen (secondary N) is 1. The molecule has 1 heterocycles. The minimum absolute atomic E-state index is 0.225. The number of ether oxygens (including phenoxy) is 2. The van der Waals surface area contributed by atoms with Crippen LogP contribution in [0.3, 0.4) is 0 Å². The number of rotatable bonds is 7. The van der Waals surface area contributed by atoms with Gasteiger partial charge in [0.15, 0.2) is 0 Å². The third-order valence-corrected chi connectivity index (χ3v) is 2.27. The third-order valence-electron chi connectivity index (χ3n) is 2.27. The predicted octanol–water partition coefficient (Wildman–Crippen LogP) is 1.88. The van der Waals surface area contributed by atoms with Crippen LogP contribution in [0.15, 0.2) is 6.33 Å². The molecule has 17 heavy (non-hydrogen) atoms. The van der Waals surface area contributed by atoms with Gasteiger partial charge in [-0.2, -0.15) is 0 Å². The summed E-state index contributed by atoms with van der Waals surface area (Å²) < 4.78 is 11.0. The zero-order valence-corrected chi connectivity index (χ0v) is 11.0. The lowest BCUT2D eigenvalue weighted by Gasteiger charge is -2.12. The van der Waals surface area contributed by atoms with Crippen molar-refractivity contribution in [2.24, 2.45) is 0 Å². The fourth-order valence-corrected chi connectivity index (χ4v) is 1.48. The van der Waals surface area contributed by atoms with Crippen LogP contribution in [-0.2, 0) is 11.2 Å². The predicted molar refractivity (Wildman–Crippen MR) is 67.5 cm³/mol. The van der Waals surface area contributed by atoms with Crippen LogP contribution in [0.25, 0.3) is 0 Å². The molecule has 0 bridgehead atoms. The highest BCUT2D eigenvalue weighted by atomic mass is 16.5. The summed E-state index contributed by atoms with van der Waals surface area (Å²) in [4.78, 5) is 8.30. The molecule has 0 aliphatic rings. The van der Waals surface area contributed by atoms with E-state index >= 15 is 0 Å². The Morgan fingerprint density at radius 3 is 2.65 bits per heavy atom. The first-order valence-electron chi connectivity index (χ1n) is 5.95. The van der Waals surface area contributed by atoms with E-state index in [0.29, 0.717) is 19.1 Å². The molecule has 1 rings (SSSR count). The van der Waals surface area contributed by atoms with Crippen molar-refractivity contribution < 1.29 is 9.47 Å². The van der Waals surface area contributed by atoms with Crippen molar-refractivity contribution in [3.05, 3.63) is 11.9 Å². The molecule has 0 aliphatic carbocycles. The molecule has 0 fully saturated rings. The lowest BCUT2D eigenvalue weighted by molar-refractivity contribution is 0.0540. The molecule has 0 radical (unpaired) electrons. The molecule has 0 aromatic carbocycles. The van der Waals surface area contributed by atoms with Crippen LogP contribution in [0, 0.1) is 0 Å². The van der Waals surface area contributed by atoms with E-state index in [4.69, 9.17) is 9.47 Å². The summed E-state index contributed by atoms with van der Waals surface area (Å²) in [5.74, 6) is 1.46. The van der Waals surface area contributed by atoms with Crippen molar-refractivity contribution in [3.8, 4) is 5.88 Å². The number of nitrogens with zero attached hydrogens (tertiary/aromatic N) is 2. The molecular weight excluding hydrogens is 218 g/mol. The highest BCUT2D eigenvalue weighted by molar-refractivity contribution is 5.48. The van der Waals surface area contributed by atoms with E-state index in [9.17, 15) is 0 Å². The first-order valence-corrected chi connectivity index (χ1v) is 5.95. The van der Waals surface area contributed by atoms with Crippen molar-refractivity contribution in [3.63, 3.8) is 0 Å². The molecule has 0 unspecified atom stereocenters. The molecule has 1 N–H and O–H groups in total. The summed E-state index contributed by atoms with van der Waals surface area (Å²) in [5, 5.41) is 3.03. The van der Waals surface area contributed by atoms with Crippen molar-refractivity contribution in [2.45, 2.75) is 33.3 Å². The average Bonchev–Trinajstić information content (AvgIpc) is 2.33. The molecule has 0 amide bonds. The van der Waals surface area contributed by atoms with E-state index in [1.165, 1.54) is 6.33 Å². The second-order valence-electron chi connectivity index (χ2n) is 3.88. The summed E-state index contributed by atoms with van der Waals surface area (Å²) in [6.07, 6.45) is 2.56. The van der Waals surface area contributed by atoms with Gasteiger partial charge in [0.25, 0.3) is 0 Å². The summed E-state index contributed by atoms with van der Waals surface area (Å²) in [6, 6.07) is 0. The van der Waals surface area contributed by atoms with Crippen LogP contribution in [0.2, 0.25) is 0 Å². The molecule has 5 heteroatoms. The van der Waals surface area contributed by atoms with E-state index in [2.05, 4.69) is 22.2 Å². The van der Waals surface area contributed by atoms with Gasteiger partial charge < -0.3 is 14.8 Å². The summed E-state index contributed by atoms with van der Waals surface area (Å²) in [7, 11) is 1.84. The molecule has 0 spiro atoms. The van der Waals surface area contributed by atoms with Crippen molar-refractivity contribution in [2.75, 3.05) is 25.6 Å². The maximum absolute atomic E-state index is 5.60. The first-order chi connectivity index (χ1) is 8.19. The Kier molecular flexibility index (Phi) is 5.69. The highest BCUT2D eigenvalue weighted by Crippen LogP contribution is 2.21. The van der Waals surface area contributed by atoms with Gasteiger partial charge in [0.1, 0.15) is 18.8 Å². The molecule has 1 aromatic heterocycles. The van der Waals surface area contributed by atoms with Gasteiger partial charge in [-0.25, -0.2) is 9.97 Å². The number of anilines is 1. The van der Waals surface area contributed by atoms with Gasteiger partial charge in [-0.15, -0.1) is 0 Å². The Morgan fingerprint density at radius 1 is 1.29 bits per heavy atom. The Bertz CT molecular complexity index is 343. The highest BCUT2D eigenvalue weighted by Gasteiger charge is 2.09. The van der Waals surface area contributed by atoms with E-state index in [0.717, 1.165) is 17.8 Å². The van der Waals surface area contributed by atoms with Gasteiger partial charge in [-0.3, -0.25) is 0 Å². The fourth-order valence-electron chi connectivity index (χ4n) is 1.48. The van der Waals surface area contributed by atoms with Crippen LogP contribution >= 0.6 is 0 Å². The molecule has 96 valence electrons. The smallest absolute Gasteiger partial charge is 0.221 e.